The van der Waals surface area contributed by atoms with E-state index in [9.17, 15) is 4.79 Å². The number of hydroxylamine groups is 1. The number of thioether (sulfide) groups is 1. The molecule has 116 valence electrons. The molecule has 0 saturated heterocycles. The van der Waals surface area contributed by atoms with Crippen LogP contribution in [0.5, 0.6) is 0 Å². The number of benzene rings is 2. The van der Waals surface area contributed by atoms with E-state index in [0.29, 0.717) is 0 Å². The third-order valence-electron chi connectivity index (χ3n) is 3.17. The molecular formula is C17H19NO3S. The Kier molecular flexibility index (Phi) is 5.86. The molecule has 5 heteroatoms. The van der Waals surface area contributed by atoms with E-state index in [1.54, 1.807) is 7.11 Å². The Bertz CT molecular complexity index is 697. The predicted molar refractivity (Wildman–Crippen MR) is 89.3 cm³/mol. The molecule has 0 aliphatic rings. The van der Waals surface area contributed by atoms with E-state index in [2.05, 4.69) is 29.7 Å². The molecule has 0 amide bonds. The number of nitrogens with one attached hydrogen (secondary N) is 1. The molecule has 0 unspecified atom stereocenters. The molecule has 0 aliphatic heterocycles. The number of methoxy groups -OCH3 is 1. The van der Waals surface area contributed by atoms with E-state index >= 15 is 0 Å². The lowest BCUT2D eigenvalue weighted by molar-refractivity contribution is -0.139. The van der Waals surface area contributed by atoms with Crippen LogP contribution >= 0.6 is 11.8 Å². The van der Waals surface area contributed by atoms with Crippen molar-refractivity contribution in [3.8, 4) is 0 Å². The van der Waals surface area contributed by atoms with Crippen LogP contribution in [-0.2, 0) is 14.4 Å². The summed E-state index contributed by atoms with van der Waals surface area (Å²) < 4.78 is 4.76. The van der Waals surface area contributed by atoms with Gasteiger partial charge >= 0.3 is 5.97 Å². The van der Waals surface area contributed by atoms with Crippen molar-refractivity contribution in [1.82, 2.24) is 5.48 Å². The maximum absolute atomic E-state index is 11.6. The van der Waals surface area contributed by atoms with E-state index in [0.717, 1.165) is 15.5 Å². The third-order valence-corrected chi connectivity index (χ3v) is 4.35. The Labute approximate surface area is 134 Å². The van der Waals surface area contributed by atoms with Crippen molar-refractivity contribution in [2.24, 2.45) is 0 Å². The average Bonchev–Trinajstić information content (AvgIpc) is 2.54. The topological polar surface area (TPSA) is 47.6 Å². The highest BCUT2D eigenvalue weighted by Gasteiger charge is 2.12. The van der Waals surface area contributed by atoms with Crippen LogP contribution in [-0.4, -0.2) is 20.2 Å². The summed E-state index contributed by atoms with van der Waals surface area (Å²) in [6.07, 6.45) is 0.205. The highest BCUT2D eigenvalue weighted by Crippen LogP contribution is 2.32. The normalized spacial score (nSPS) is 12.0. The zero-order valence-corrected chi connectivity index (χ0v) is 13.7. The van der Waals surface area contributed by atoms with Crippen LogP contribution < -0.4 is 5.48 Å². The van der Waals surface area contributed by atoms with E-state index in [1.165, 1.54) is 29.6 Å². The van der Waals surface area contributed by atoms with E-state index in [-0.39, 0.29) is 12.4 Å². The predicted octanol–water partition coefficient (Wildman–Crippen LogP) is 3.88. The van der Waals surface area contributed by atoms with Gasteiger partial charge in [0, 0.05) is 15.5 Å². The molecule has 0 fully saturated rings. The molecule has 0 aromatic heterocycles. The molecule has 0 heterocycles. The Morgan fingerprint density at radius 3 is 2.55 bits per heavy atom. The van der Waals surface area contributed by atoms with Crippen LogP contribution in [0.1, 0.15) is 13.3 Å². The summed E-state index contributed by atoms with van der Waals surface area (Å²) in [5.41, 5.74) is 3.58. The van der Waals surface area contributed by atoms with E-state index in [4.69, 9.17) is 9.57 Å². The largest absolute Gasteiger partial charge is 0.469 e. The lowest BCUT2D eigenvalue weighted by Crippen LogP contribution is -2.12. The van der Waals surface area contributed by atoms with Crippen LogP contribution in [0.2, 0.25) is 0 Å². The molecule has 0 aliphatic carbocycles. The number of allylic oxidation sites excluding steroid dienone is 1. The number of carbonyl (C=O) groups excluding carboxylic acids is 1. The van der Waals surface area contributed by atoms with Crippen molar-refractivity contribution in [2.75, 3.05) is 14.2 Å². The van der Waals surface area contributed by atoms with Crippen molar-refractivity contribution < 1.29 is 14.4 Å². The van der Waals surface area contributed by atoms with Crippen molar-refractivity contribution in [3.05, 3.63) is 53.1 Å². The van der Waals surface area contributed by atoms with Gasteiger partial charge in [0.15, 0.2) is 0 Å². The first-order valence-electron chi connectivity index (χ1n) is 6.86. The molecule has 2 aromatic carbocycles. The first-order valence-corrected chi connectivity index (χ1v) is 7.68. The number of ether oxygens (including phenoxy) is 1. The second kappa shape index (κ2) is 7.87. The van der Waals surface area contributed by atoms with Gasteiger partial charge in [-0.25, -0.2) is 0 Å². The first kappa shape index (κ1) is 16.4. The molecule has 0 bridgehead atoms. The van der Waals surface area contributed by atoms with Crippen molar-refractivity contribution in [2.45, 2.75) is 18.2 Å². The van der Waals surface area contributed by atoms with Crippen LogP contribution in [0.4, 0.5) is 0 Å². The summed E-state index contributed by atoms with van der Waals surface area (Å²) in [5, 5.41) is 2.36. The van der Waals surface area contributed by atoms with Gasteiger partial charge < -0.3 is 4.74 Å². The number of hydrogen-bond donors (Lipinski definition) is 1. The number of fused-ring (bicyclic) bond motifs is 1. The zero-order chi connectivity index (χ0) is 15.9. The van der Waals surface area contributed by atoms with Gasteiger partial charge in [0.1, 0.15) is 0 Å². The lowest BCUT2D eigenvalue weighted by Gasteiger charge is -2.12. The summed E-state index contributed by atoms with van der Waals surface area (Å²) in [6.45, 7) is 1.87. The van der Waals surface area contributed by atoms with Crippen LogP contribution in [0, 0.1) is 0 Å². The fraction of sp³-hybridized carbons (Fsp3) is 0.235. The Morgan fingerprint density at radius 1 is 1.14 bits per heavy atom. The molecular weight excluding hydrogens is 298 g/mol. The second-order valence-electron chi connectivity index (χ2n) is 4.72. The fourth-order valence-corrected chi connectivity index (χ4v) is 3.02. The molecule has 0 spiro atoms. The summed E-state index contributed by atoms with van der Waals surface area (Å²) in [7, 11) is 2.93. The standard InChI is InChI=1S/C17H19NO3S/c1-12(18-21-3)16(11-17(19)20-2)22-15-9-8-13-6-4-5-7-14(13)10-15/h4-10,18H,11H2,1-3H3. The molecule has 0 saturated carbocycles. The second-order valence-corrected chi connectivity index (χ2v) is 5.89. The highest BCUT2D eigenvalue weighted by atomic mass is 32.2. The third kappa shape index (κ3) is 4.26. The van der Waals surface area contributed by atoms with Crippen LogP contribution in [0.25, 0.3) is 10.8 Å². The van der Waals surface area contributed by atoms with Gasteiger partial charge in [-0.1, -0.05) is 42.1 Å². The molecule has 4 nitrogen and oxygen atoms in total. The van der Waals surface area contributed by atoms with Crippen LogP contribution in [0.15, 0.2) is 58.0 Å². The van der Waals surface area contributed by atoms with E-state index in [1.807, 2.05) is 25.1 Å². The lowest BCUT2D eigenvalue weighted by atomic mass is 10.1. The molecule has 22 heavy (non-hydrogen) atoms. The van der Waals surface area contributed by atoms with E-state index < -0.39 is 0 Å². The van der Waals surface area contributed by atoms with Gasteiger partial charge in [0.2, 0.25) is 0 Å². The Hall–Kier alpha value is -1.98. The average molecular weight is 317 g/mol. The maximum atomic E-state index is 11.6. The van der Waals surface area contributed by atoms with Gasteiger partial charge in [-0.2, -0.15) is 0 Å². The number of esters is 1. The smallest absolute Gasteiger partial charge is 0.310 e. The Balaban J connectivity index is 2.27. The molecule has 0 radical (unpaired) electrons. The van der Waals surface area contributed by atoms with Crippen molar-refractivity contribution >= 4 is 28.5 Å². The number of carbonyl (C=O) groups is 1. The quantitative estimate of drug-likeness (QED) is 0.498. The van der Waals surface area contributed by atoms with Crippen molar-refractivity contribution in [1.29, 1.82) is 0 Å². The summed E-state index contributed by atoms with van der Waals surface area (Å²) in [6, 6.07) is 14.4. The number of rotatable bonds is 6. The van der Waals surface area contributed by atoms with Gasteiger partial charge in [0.25, 0.3) is 0 Å². The highest BCUT2D eigenvalue weighted by molar-refractivity contribution is 8.03. The minimum Gasteiger partial charge on any atom is -0.469 e. The summed E-state index contributed by atoms with van der Waals surface area (Å²) in [4.78, 5) is 18.5. The van der Waals surface area contributed by atoms with Crippen molar-refractivity contribution in [3.63, 3.8) is 0 Å². The maximum Gasteiger partial charge on any atom is 0.310 e. The summed E-state index contributed by atoms with van der Waals surface area (Å²) in [5.74, 6) is -0.277. The van der Waals surface area contributed by atoms with Crippen LogP contribution in [0.3, 0.4) is 0 Å². The number of hydrogen-bond acceptors (Lipinski definition) is 5. The minimum atomic E-state index is -0.277. The molecule has 2 aromatic rings. The molecule has 2 rings (SSSR count). The van der Waals surface area contributed by atoms with Gasteiger partial charge in [-0.3, -0.25) is 15.1 Å². The first-order chi connectivity index (χ1) is 10.6. The van der Waals surface area contributed by atoms with Gasteiger partial charge in [-0.05, 0) is 29.8 Å². The summed E-state index contributed by atoms with van der Waals surface area (Å²) >= 11 is 1.53. The fourth-order valence-electron chi connectivity index (χ4n) is 2.03. The van der Waals surface area contributed by atoms with Gasteiger partial charge in [0.05, 0.1) is 20.6 Å². The SMILES string of the molecule is CONC(C)=C(CC(=O)OC)Sc1ccc2ccccc2c1. The Morgan fingerprint density at radius 2 is 1.86 bits per heavy atom. The monoisotopic (exact) mass is 317 g/mol. The van der Waals surface area contributed by atoms with Gasteiger partial charge in [-0.15, -0.1) is 0 Å². The molecule has 1 N–H and O–H groups in total. The molecule has 0 atom stereocenters. The zero-order valence-electron chi connectivity index (χ0n) is 12.9. The minimum absolute atomic E-state index is 0.205.